The zero-order valence-electron chi connectivity index (χ0n) is 11.5. The second-order valence-electron chi connectivity index (χ2n) is 4.22. The summed E-state index contributed by atoms with van der Waals surface area (Å²) in [5, 5.41) is 0. The van der Waals surface area contributed by atoms with E-state index in [9.17, 15) is 9.18 Å². The van der Waals surface area contributed by atoms with E-state index >= 15 is 0 Å². The van der Waals surface area contributed by atoms with E-state index in [1.807, 2.05) is 0 Å². The molecule has 112 valence electrons. The molecule has 6 heteroatoms. The second-order valence-corrected chi connectivity index (χ2v) is 5.98. The van der Waals surface area contributed by atoms with Gasteiger partial charge in [-0.05, 0) is 23.8 Å². The Morgan fingerprint density at radius 1 is 1.50 bits per heavy atom. The molecule has 0 bridgehead atoms. The van der Waals surface area contributed by atoms with Gasteiger partial charge in [0.1, 0.15) is 5.82 Å². The average Bonchev–Trinajstić information content (AvgIpc) is 2.44. The van der Waals surface area contributed by atoms with E-state index < -0.39 is 0 Å². The molecule has 1 N–H and O–H groups in total. The van der Waals surface area contributed by atoms with Crippen LogP contribution in [-0.4, -0.2) is 29.3 Å². The molecule has 0 amide bonds. The summed E-state index contributed by atoms with van der Waals surface area (Å²) in [5.74, 6) is 1.57. The third-order valence-electron chi connectivity index (χ3n) is 2.60. The highest BCUT2D eigenvalue weighted by molar-refractivity contribution is 7.99. The maximum absolute atomic E-state index is 13.6. The van der Waals surface area contributed by atoms with Crippen molar-refractivity contribution < 1.29 is 14.0 Å². The van der Waals surface area contributed by atoms with Crippen LogP contribution >= 0.6 is 24.4 Å². The summed E-state index contributed by atoms with van der Waals surface area (Å²) >= 11 is 5.69. The Kier molecular flexibility index (Phi) is 8.73. The van der Waals surface area contributed by atoms with Crippen molar-refractivity contribution in [3.05, 3.63) is 35.6 Å². The maximum Gasteiger partial charge on any atom is 0.325 e. The number of thioether (sulfide) groups is 1. The summed E-state index contributed by atoms with van der Waals surface area (Å²) in [6.45, 7) is 2.05. The first-order chi connectivity index (χ1) is 9.67. The van der Waals surface area contributed by atoms with Crippen molar-refractivity contribution in [1.29, 1.82) is 0 Å². The van der Waals surface area contributed by atoms with Crippen LogP contribution in [0.5, 0.6) is 0 Å². The third kappa shape index (κ3) is 6.63. The molecule has 0 aliphatic heterocycles. The van der Waals surface area contributed by atoms with Gasteiger partial charge in [0.2, 0.25) is 0 Å². The van der Waals surface area contributed by atoms with Crippen molar-refractivity contribution in [3.63, 3.8) is 0 Å². The van der Waals surface area contributed by atoms with E-state index in [-0.39, 0.29) is 24.2 Å². The van der Waals surface area contributed by atoms with Crippen LogP contribution in [0.1, 0.15) is 18.9 Å². The molecule has 1 atom stereocenters. The molecule has 0 spiro atoms. The highest BCUT2D eigenvalue weighted by Crippen LogP contribution is 2.12. The normalized spacial score (nSPS) is 12.2. The van der Waals surface area contributed by atoms with E-state index in [2.05, 4.69) is 25.0 Å². The van der Waals surface area contributed by atoms with Gasteiger partial charge in [-0.1, -0.05) is 25.1 Å². The number of hydroxylamine groups is 1. The van der Waals surface area contributed by atoms with Crippen LogP contribution in [0.4, 0.5) is 4.39 Å². The molecule has 0 aromatic heterocycles. The van der Waals surface area contributed by atoms with Crippen molar-refractivity contribution in [2.24, 2.45) is 0 Å². The number of carbonyl (C=O) groups is 1. The SMILES string of the molecule is CCSCC(Cc1ccccc1F)NOC(=O)CCS. The largest absolute Gasteiger partial charge is 0.370 e. The number of nitrogens with one attached hydrogen (secondary N) is 1. The van der Waals surface area contributed by atoms with Gasteiger partial charge in [-0.15, -0.1) is 5.48 Å². The van der Waals surface area contributed by atoms with Crippen LogP contribution in [0.15, 0.2) is 24.3 Å². The molecule has 3 nitrogen and oxygen atoms in total. The summed E-state index contributed by atoms with van der Waals surface area (Å²) in [6.07, 6.45) is 0.733. The first-order valence-electron chi connectivity index (χ1n) is 6.54. The van der Waals surface area contributed by atoms with Crippen LogP contribution in [0, 0.1) is 5.82 Å². The number of carbonyl (C=O) groups excluding carboxylic acids is 1. The van der Waals surface area contributed by atoms with Crippen LogP contribution in [0.2, 0.25) is 0 Å². The molecule has 0 fully saturated rings. The Bertz CT molecular complexity index is 418. The number of benzene rings is 1. The minimum atomic E-state index is -0.347. The van der Waals surface area contributed by atoms with Gasteiger partial charge in [0.15, 0.2) is 0 Å². The highest BCUT2D eigenvalue weighted by atomic mass is 32.2. The summed E-state index contributed by atoms with van der Waals surface area (Å²) in [5.41, 5.74) is 3.36. The molecule has 0 saturated heterocycles. The quantitative estimate of drug-likeness (QED) is 0.542. The highest BCUT2D eigenvalue weighted by Gasteiger charge is 2.14. The second kappa shape index (κ2) is 10.1. The van der Waals surface area contributed by atoms with E-state index in [1.165, 1.54) is 6.07 Å². The van der Waals surface area contributed by atoms with Crippen molar-refractivity contribution in [2.45, 2.75) is 25.8 Å². The lowest BCUT2D eigenvalue weighted by Gasteiger charge is -2.18. The van der Waals surface area contributed by atoms with Gasteiger partial charge >= 0.3 is 5.97 Å². The fourth-order valence-corrected chi connectivity index (χ4v) is 2.50. The van der Waals surface area contributed by atoms with E-state index in [0.717, 1.165) is 11.5 Å². The van der Waals surface area contributed by atoms with Crippen molar-refractivity contribution >= 4 is 30.4 Å². The number of thiol groups is 1. The number of hydrogen-bond acceptors (Lipinski definition) is 5. The van der Waals surface area contributed by atoms with Crippen LogP contribution in [0.3, 0.4) is 0 Å². The predicted molar refractivity (Wildman–Crippen MR) is 84.6 cm³/mol. The lowest BCUT2D eigenvalue weighted by atomic mass is 10.1. The maximum atomic E-state index is 13.6. The smallest absolute Gasteiger partial charge is 0.325 e. The molecular weight excluding hydrogens is 297 g/mol. The first-order valence-corrected chi connectivity index (χ1v) is 8.33. The van der Waals surface area contributed by atoms with Gasteiger partial charge in [0.05, 0.1) is 12.5 Å². The minimum Gasteiger partial charge on any atom is -0.370 e. The first kappa shape index (κ1) is 17.3. The lowest BCUT2D eigenvalue weighted by Crippen LogP contribution is -2.35. The molecule has 0 radical (unpaired) electrons. The molecule has 0 saturated carbocycles. The van der Waals surface area contributed by atoms with E-state index in [1.54, 1.807) is 30.0 Å². The van der Waals surface area contributed by atoms with Gasteiger partial charge in [-0.3, -0.25) is 4.79 Å². The molecule has 1 unspecified atom stereocenters. The van der Waals surface area contributed by atoms with Gasteiger partial charge in [-0.2, -0.15) is 24.4 Å². The fraction of sp³-hybridized carbons (Fsp3) is 0.500. The Balaban J connectivity index is 2.55. The van der Waals surface area contributed by atoms with Crippen LogP contribution in [0.25, 0.3) is 0 Å². The molecule has 1 rings (SSSR count). The predicted octanol–water partition coefficient (Wildman–Crippen LogP) is 2.86. The monoisotopic (exact) mass is 317 g/mol. The van der Waals surface area contributed by atoms with E-state index in [0.29, 0.717) is 17.7 Å². The molecule has 1 aromatic rings. The zero-order valence-corrected chi connectivity index (χ0v) is 13.2. The lowest BCUT2D eigenvalue weighted by molar-refractivity contribution is -0.152. The summed E-state index contributed by atoms with van der Waals surface area (Å²) < 4.78 is 13.6. The minimum absolute atomic E-state index is 0.110. The van der Waals surface area contributed by atoms with Crippen molar-refractivity contribution in [2.75, 3.05) is 17.3 Å². The topological polar surface area (TPSA) is 38.3 Å². The zero-order chi connectivity index (χ0) is 14.8. The third-order valence-corrected chi connectivity index (χ3v) is 3.87. The number of halogens is 1. The Morgan fingerprint density at radius 2 is 2.25 bits per heavy atom. The molecule has 1 aromatic carbocycles. The summed E-state index contributed by atoms with van der Waals surface area (Å²) in [7, 11) is 0. The molecule has 20 heavy (non-hydrogen) atoms. The molecular formula is C14H20FNO2S2. The number of rotatable bonds is 9. The summed E-state index contributed by atoms with van der Waals surface area (Å²) in [4.78, 5) is 16.3. The summed E-state index contributed by atoms with van der Waals surface area (Å²) in [6, 6.07) is 6.53. The van der Waals surface area contributed by atoms with Crippen molar-refractivity contribution in [1.82, 2.24) is 5.48 Å². The standard InChI is InChI=1S/C14H20FNO2S2/c1-2-20-10-12(16-18-14(17)7-8-19)9-11-5-3-4-6-13(11)15/h3-6,12,16,19H,2,7-10H2,1H3. The van der Waals surface area contributed by atoms with Gasteiger partial charge in [0.25, 0.3) is 0 Å². The van der Waals surface area contributed by atoms with E-state index in [4.69, 9.17) is 4.84 Å². The van der Waals surface area contributed by atoms with Gasteiger partial charge in [-0.25, -0.2) is 4.39 Å². The Hall–Kier alpha value is -0.720. The average molecular weight is 317 g/mol. The van der Waals surface area contributed by atoms with Crippen molar-refractivity contribution in [3.8, 4) is 0 Å². The Labute approximate surface area is 129 Å². The Morgan fingerprint density at radius 3 is 2.90 bits per heavy atom. The van der Waals surface area contributed by atoms with Crippen LogP contribution < -0.4 is 5.48 Å². The number of hydrogen-bond donors (Lipinski definition) is 2. The molecule has 0 aliphatic rings. The van der Waals surface area contributed by atoms with Gasteiger partial charge < -0.3 is 4.84 Å². The fourth-order valence-electron chi connectivity index (χ4n) is 1.62. The molecule has 0 heterocycles. The molecule has 0 aliphatic carbocycles. The van der Waals surface area contributed by atoms with Gasteiger partial charge in [0, 0.05) is 11.5 Å². The van der Waals surface area contributed by atoms with Crippen LogP contribution in [-0.2, 0) is 16.1 Å².